The second-order valence-electron chi connectivity index (χ2n) is 10.8. The zero-order valence-corrected chi connectivity index (χ0v) is 23.6. The van der Waals surface area contributed by atoms with Crippen LogP contribution in [0, 0.1) is 0 Å². The van der Waals surface area contributed by atoms with Crippen molar-refractivity contribution in [3.05, 3.63) is 89.5 Å². The number of alkyl carbamates (subject to hydrolysis) is 1. The Labute approximate surface area is 242 Å². The molecule has 0 bridgehead atoms. The fourth-order valence-electron chi connectivity index (χ4n) is 4.16. The predicted molar refractivity (Wildman–Crippen MR) is 149 cm³/mol. The molecule has 1 heterocycles. The van der Waals surface area contributed by atoms with E-state index in [0.29, 0.717) is 35.0 Å². The van der Waals surface area contributed by atoms with Gasteiger partial charge in [0.25, 0.3) is 5.91 Å². The maximum Gasteiger partial charge on any atom is 0.407 e. The molecule has 2 atom stereocenters. The van der Waals surface area contributed by atoms with Crippen LogP contribution >= 0.6 is 0 Å². The number of ether oxygens (including phenoxy) is 4. The highest BCUT2D eigenvalue weighted by Crippen LogP contribution is 2.32. The number of amides is 2. The highest BCUT2D eigenvalue weighted by molar-refractivity contribution is 5.84. The molecule has 3 aromatic rings. The molecule has 3 aromatic carbocycles. The number of benzene rings is 3. The van der Waals surface area contributed by atoms with Crippen LogP contribution in [0.3, 0.4) is 0 Å². The Kier molecular flexibility index (Phi) is 9.52. The first kappa shape index (κ1) is 30.6. The first-order chi connectivity index (χ1) is 19.9. The highest BCUT2D eigenvalue weighted by Gasteiger charge is 2.50. The number of carbonyl (C=O) groups is 2. The molecular formula is C31H34F2N2O7. The minimum Gasteiger partial charge on any atom is -0.489 e. The van der Waals surface area contributed by atoms with E-state index in [9.17, 15) is 14.7 Å². The molecule has 0 fully saturated rings. The number of halogens is 2. The summed E-state index contributed by atoms with van der Waals surface area (Å²) in [6.45, 7) is 4.99. The third-order valence-corrected chi connectivity index (χ3v) is 6.27. The first-order valence-electron chi connectivity index (χ1n) is 13.4. The molecule has 1 aliphatic rings. The van der Waals surface area contributed by atoms with Crippen molar-refractivity contribution in [1.82, 2.24) is 10.6 Å². The molecule has 0 saturated heterocycles. The van der Waals surface area contributed by atoms with Crippen LogP contribution < -0.4 is 24.8 Å². The van der Waals surface area contributed by atoms with Crippen molar-refractivity contribution in [3.63, 3.8) is 0 Å². The van der Waals surface area contributed by atoms with Gasteiger partial charge in [-0.25, -0.2) is 4.79 Å². The minimum atomic E-state index is -4.26. The number of rotatable bonds is 11. The zero-order valence-electron chi connectivity index (χ0n) is 23.6. The van der Waals surface area contributed by atoms with Crippen molar-refractivity contribution in [2.75, 3.05) is 6.79 Å². The van der Waals surface area contributed by atoms with Crippen molar-refractivity contribution in [2.24, 2.45) is 0 Å². The average molecular weight is 585 g/mol. The molecule has 3 N–H and O–H groups in total. The van der Waals surface area contributed by atoms with Crippen LogP contribution in [-0.4, -0.2) is 47.6 Å². The summed E-state index contributed by atoms with van der Waals surface area (Å²) in [4.78, 5) is 25.1. The number of hydrogen-bond donors (Lipinski definition) is 3. The molecule has 224 valence electrons. The third-order valence-electron chi connectivity index (χ3n) is 6.27. The number of aliphatic hydroxyl groups is 1. The molecule has 0 spiro atoms. The van der Waals surface area contributed by atoms with E-state index in [1.165, 1.54) is 0 Å². The van der Waals surface area contributed by atoms with E-state index < -0.39 is 35.7 Å². The van der Waals surface area contributed by atoms with Crippen LogP contribution in [-0.2, 0) is 29.1 Å². The van der Waals surface area contributed by atoms with Crippen LogP contribution in [0.4, 0.5) is 13.6 Å². The Bertz CT molecular complexity index is 1360. The van der Waals surface area contributed by atoms with E-state index >= 15 is 8.78 Å². The molecule has 0 radical (unpaired) electrons. The lowest BCUT2D eigenvalue weighted by Crippen LogP contribution is -2.58. The molecule has 0 aromatic heterocycles. The van der Waals surface area contributed by atoms with Gasteiger partial charge in [0.05, 0.1) is 6.04 Å². The van der Waals surface area contributed by atoms with Crippen LogP contribution in [0.1, 0.15) is 37.5 Å². The number of nitrogens with one attached hydrogen (secondary N) is 2. The van der Waals surface area contributed by atoms with Crippen molar-refractivity contribution in [1.29, 1.82) is 0 Å². The van der Waals surface area contributed by atoms with E-state index in [1.54, 1.807) is 63.2 Å². The topological polar surface area (TPSA) is 115 Å². The van der Waals surface area contributed by atoms with Gasteiger partial charge in [0.2, 0.25) is 6.79 Å². The Morgan fingerprint density at radius 2 is 1.60 bits per heavy atom. The molecule has 2 unspecified atom stereocenters. The Hall–Kier alpha value is -4.38. The van der Waals surface area contributed by atoms with Gasteiger partial charge in [-0.3, -0.25) is 4.79 Å². The van der Waals surface area contributed by atoms with Crippen LogP contribution in [0.2, 0.25) is 0 Å². The number of carbonyl (C=O) groups excluding carboxylic acids is 2. The quantitative estimate of drug-likeness (QED) is 0.298. The summed E-state index contributed by atoms with van der Waals surface area (Å²) < 4.78 is 52.0. The van der Waals surface area contributed by atoms with E-state index in [4.69, 9.17) is 18.9 Å². The number of aliphatic hydroxyl groups excluding tert-OH is 1. The lowest BCUT2D eigenvalue weighted by Gasteiger charge is -2.30. The molecule has 42 heavy (non-hydrogen) atoms. The Morgan fingerprint density at radius 3 is 2.29 bits per heavy atom. The predicted octanol–water partition coefficient (Wildman–Crippen LogP) is 4.74. The summed E-state index contributed by atoms with van der Waals surface area (Å²) in [5.41, 5.74) is 1.07. The van der Waals surface area contributed by atoms with E-state index in [1.807, 2.05) is 30.3 Å². The normalized spacial score (nSPS) is 14.0. The molecule has 1 aliphatic heterocycles. The van der Waals surface area contributed by atoms with Gasteiger partial charge in [0.1, 0.15) is 24.1 Å². The largest absolute Gasteiger partial charge is 0.489 e. The molecule has 11 heteroatoms. The fourth-order valence-corrected chi connectivity index (χ4v) is 4.16. The van der Waals surface area contributed by atoms with Gasteiger partial charge in [-0.2, -0.15) is 8.78 Å². The molecule has 2 amide bonds. The van der Waals surface area contributed by atoms with Gasteiger partial charge in [-0.1, -0.05) is 48.5 Å². The third kappa shape index (κ3) is 8.32. The van der Waals surface area contributed by atoms with Crippen molar-refractivity contribution >= 4 is 12.0 Å². The Morgan fingerprint density at radius 1 is 0.929 bits per heavy atom. The van der Waals surface area contributed by atoms with Crippen LogP contribution in [0.25, 0.3) is 0 Å². The smallest absolute Gasteiger partial charge is 0.407 e. The van der Waals surface area contributed by atoms with E-state index in [-0.39, 0.29) is 19.8 Å². The Balaban J connectivity index is 1.43. The standard InChI is InChI=1S/C31H34F2N2O7/c1-30(2,3)42-29(38)35-24(15-20-9-12-23(13-10-20)39-18-21-7-5-4-6-8-21)27(36)31(32,33)28(37)34-17-22-11-14-25-26(16-22)41-19-40-25/h4-14,16,24,27,36H,15,17-19H2,1-3H3,(H,34,37)(H,35,38). The van der Waals surface area contributed by atoms with Gasteiger partial charge in [0.15, 0.2) is 11.5 Å². The van der Waals surface area contributed by atoms with Crippen LogP contribution in [0.15, 0.2) is 72.8 Å². The molecule has 9 nitrogen and oxygen atoms in total. The lowest BCUT2D eigenvalue weighted by molar-refractivity contribution is -0.167. The second kappa shape index (κ2) is 13.1. The van der Waals surface area contributed by atoms with Crippen molar-refractivity contribution in [2.45, 2.75) is 64.0 Å². The molecule has 0 saturated carbocycles. The van der Waals surface area contributed by atoms with Gasteiger partial charge >= 0.3 is 12.0 Å². The van der Waals surface area contributed by atoms with Crippen molar-refractivity contribution < 1.29 is 42.4 Å². The van der Waals surface area contributed by atoms with Gasteiger partial charge in [-0.05, 0) is 68.1 Å². The van der Waals surface area contributed by atoms with Gasteiger partial charge in [0, 0.05) is 6.54 Å². The summed E-state index contributed by atoms with van der Waals surface area (Å²) in [5, 5.41) is 15.2. The number of alkyl halides is 2. The zero-order chi connectivity index (χ0) is 30.3. The summed E-state index contributed by atoms with van der Waals surface area (Å²) in [7, 11) is 0. The first-order valence-corrected chi connectivity index (χ1v) is 13.4. The summed E-state index contributed by atoms with van der Waals surface area (Å²) in [5.74, 6) is -4.46. The molecular weight excluding hydrogens is 550 g/mol. The highest BCUT2D eigenvalue weighted by atomic mass is 19.3. The average Bonchev–Trinajstić information content (AvgIpc) is 3.42. The maximum absolute atomic E-state index is 15.3. The lowest BCUT2D eigenvalue weighted by atomic mass is 9.96. The summed E-state index contributed by atoms with van der Waals surface area (Å²) in [6, 6.07) is 19.3. The number of hydrogen-bond acceptors (Lipinski definition) is 7. The van der Waals surface area contributed by atoms with Gasteiger partial charge < -0.3 is 34.7 Å². The summed E-state index contributed by atoms with van der Waals surface area (Å²) >= 11 is 0. The second-order valence-corrected chi connectivity index (χ2v) is 10.8. The number of fused-ring (bicyclic) bond motifs is 1. The minimum absolute atomic E-state index is 0.0465. The SMILES string of the molecule is CC(C)(C)OC(=O)NC(Cc1ccc(OCc2ccccc2)cc1)C(O)C(F)(F)C(=O)NCc1ccc2c(c1)OCO2. The maximum atomic E-state index is 15.3. The molecule has 4 rings (SSSR count). The summed E-state index contributed by atoms with van der Waals surface area (Å²) in [6.07, 6.45) is -3.80. The van der Waals surface area contributed by atoms with E-state index in [2.05, 4.69) is 10.6 Å². The van der Waals surface area contributed by atoms with E-state index in [0.717, 1.165) is 5.56 Å². The molecule has 0 aliphatic carbocycles. The fraction of sp³-hybridized carbons (Fsp3) is 0.355. The van der Waals surface area contributed by atoms with Crippen molar-refractivity contribution in [3.8, 4) is 17.2 Å². The van der Waals surface area contributed by atoms with Gasteiger partial charge in [-0.15, -0.1) is 0 Å². The van der Waals surface area contributed by atoms with Crippen LogP contribution in [0.5, 0.6) is 17.2 Å². The monoisotopic (exact) mass is 584 g/mol.